The van der Waals surface area contributed by atoms with Gasteiger partial charge in [0.15, 0.2) is 19.8 Å². The average Bonchev–Trinajstić information content (AvgIpc) is 3.49. The molecule has 1 aliphatic rings. The third-order valence-electron chi connectivity index (χ3n) is 13.5. The Kier molecular flexibility index (Phi) is 22.3. The predicted octanol–water partition coefficient (Wildman–Crippen LogP) is 9.65. The van der Waals surface area contributed by atoms with Gasteiger partial charge in [0, 0.05) is 106 Å². The van der Waals surface area contributed by atoms with E-state index in [0.29, 0.717) is 89.7 Å². The maximum atomic E-state index is 14.3. The summed E-state index contributed by atoms with van der Waals surface area (Å²) in [4.78, 5) is 88.7. The Morgan fingerprint density at radius 1 is 0.358 bits per heavy atom. The van der Waals surface area contributed by atoms with Gasteiger partial charge in [0.1, 0.15) is 17.2 Å². The summed E-state index contributed by atoms with van der Waals surface area (Å²) in [6.07, 6.45) is 0. The average molecular weight is 1110 g/mol. The number of benzene rings is 6. The van der Waals surface area contributed by atoms with Crippen molar-refractivity contribution in [2.45, 2.75) is 81.2 Å². The molecular weight excluding hydrogens is 1030 g/mol. The fourth-order valence-electron chi connectivity index (χ4n) is 9.25. The molecular formula is C63H72N6O12. The normalized spacial score (nSPS) is 12.4. The standard InChI is InChI=1S/C63H72N6O12/c1-7-67(8-2)55(70)40-79-58-46-28-43(61(73)64-52-22-16-13-17-23-52)29-47(58)35-77-37-49-31-45(63(75)66-54-26-20-15-21-27-54)33-51(60(49)81-42-57(72)69(11-5)12-6)39-78-38-50-32-44(62(74)65-53-24-18-14-19-25-53)30-48(36-76-34-46)59(50)80-41-56(71)68(9-3)10-4/h13-33H,7-12,34-42H2,1-6H3,(H,64,73)(H,65,74)(H,66,75). The lowest BCUT2D eigenvalue weighted by molar-refractivity contribution is -0.133. The SMILES string of the molecule is CCN(CC)C(=O)COc1c2cc(C(=O)Nc3ccccc3)cc1COCc1cc(C(=O)Nc3ccccc3)cc(c1OCC(=O)N(CC)CC)COCc1cc(C(=O)Nc3ccccc3)cc(c1OCC(=O)N(CC)CC)COC2. The Hall–Kier alpha value is -8.58. The van der Waals surface area contributed by atoms with Gasteiger partial charge in [-0.2, -0.15) is 0 Å². The van der Waals surface area contributed by atoms with Crippen LogP contribution in [0.2, 0.25) is 0 Å². The Balaban J connectivity index is 1.43. The molecule has 18 nitrogen and oxygen atoms in total. The maximum absolute atomic E-state index is 14.3. The molecule has 81 heavy (non-hydrogen) atoms. The molecule has 7 rings (SSSR count). The minimum Gasteiger partial charge on any atom is -0.483 e. The maximum Gasteiger partial charge on any atom is 0.260 e. The van der Waals surface area contributed by atoms with Crippen molar-refractivity contribution < 1.29 is 57.2 Å². The van der Waals surface area contributed by atoms with Crippen molar-refractivity contribution in [2.24, 2.45) is 0 Å². The van der Waals surface area contributed by atoms with Gasteiger partial charge in [-0.05, 0) is 114 Å². The monoisotopic (exact) mass is 1100 g/mol. The lowest BCUT2D eigenvalue weighted by Crippen LogP contribution is -2.34. The van der Waals surface area contributed by atoms with Crippen LogP contribution in [0.15, 0.2) is 127 Å². The van der Waals surface area contributed by atoms with Gasteiger partial charge in [0.25, 0.3) is 35.4 Å². The van der Waals surface area contributed by atoms with Crippen LogP contribution in [-0.2, 0) is 68.2 Å². The first-order chi connectivity index (χ1) is 39.4. The van der Waals surface area contributed by atoms with Crippen LogP contribution in [0.4, 0.5) is 17.1 Å². The molecule has 0 aromatic heterocycles. The van der Waals surface area contributed by atoms with E-state index in [1.165, 1.54) is 0 Å². The predicted molar refractivity (Wildman–Crippen MR) is 308 cm³/mol. The first-order valence-electron chi connectivity index (χ1n) is 27.4. The molecule has 1 heterocycles. The number of anilines is 3. The zero-order chi connectivity index (χ0) is 57.7. The number of ether oxygens (including phenoxy) is 6. The van der Waals surface area contributed by atoms with Gasteiger partial charge >= 0.3 is 0 Å². The molecule has 0 saturated heterocycles. The van der Waals surface area contributed by atoms with E-state index in [2.05, 4.69) is 16.0 Å². The highest BCUT2D eigenvalue weighted by atomic mass is 16.5. The van der Waals surface area contributed by atoms with Crippen molar-refractivity contribution >= 4 is 52.5 Å². The van der Waals surface area contributed by atoms with Gasteiger partial charge in [-0.25, -0.2) is 0 Å². The summed E-state index contributed by atoms with van der Waals surface area (Å²) in [5, 5.41) is 8.88. The van der Waals surface area contributed by atoms with E-state index in [4.69, 9.17) is 28.4 Å². The van der Waals surface area contributed by atoms with Crippen molar-refractivity contribution in [1.29, 1.82) is 0 Å². The molecule has 6 aromatic carbocycles. The molecule has 0 atom stereocenters. The fraction of sp³-hybridized carbons (Fsp3) is 0.333. The number of nitrogens with one attached hydrogen (secondary N) is 3. The van der Waals surface area contributed by atoms with Gasteiger partial charge in [-0.15, -0.1) is 0 Å². The van der Waals surface area contributed by atoms with Gasteiger partial charge in [0.05, 0.1) is 39.6 Å². The molecule has 6 amide bonds. The number of carbonyl (C=O) groups is 6. The zero-order valence-electron chi connectivity index (χ0n) is 47.0. The van der Waals surface area contributed by atoms with E-state index in [1.807, 2.05) is 59.7 Å². The number of nitrogens with zero attached hydrogens (tertiary/aromatic N) is 3. The van der Waals surface area contributed by atoms with Crippen LogP contribution in [0, 0.1) is 0 Å². The van der Waals surface area contributed by atoms with Crippen LogP contribution < -0.4 is 30.2 Å². The number of fused-ring (bicyclic) bond motifs is 6. The van der Waals surface area contributed by atoms with Crippen molar-refractivity contribution in [3.05, 3.63) is 177 Å². The third kappa shape index (κ3) is 16.5. The lowest BCUT2D eigenvalue weighted by Gasteiger charge is -2.24. The van der Waals surface area contributed by atoms with Crippen LogP contribution in [-0.4, -0.2) is 109 Å². The summed E-state index contributed by atoms with van der Waals surface area (Å²) >= 11 is 0. The molecule has 18 heteroatoms. The van der Waals surface area contributed by atoms with Crippen LogP contribution in [0.3, 0.4) is 0 Å². The number of hydrogen-bond acceptors (Lipinski definition) is 12. The highest BCUT2D eigenvalue weighted by molar-refractivity contribution is 6.06. The molecule has 0 aliphatic carbocycles. The number of likely N-dealkylation sites (N-methyl/N-ethyl adjacent to an activating group) is 3. The van der Waals surface area contributed by atoms with Crippen LogP contribution in [0.5, 0.6) is 17.2 Å². The Morgan fingerprint density at radius 2 is 0.568 bits per heavy atom. The second-order valence-corrected chi connectivity index (χ2v) is 18.9. The van der Waals surface area contributed by atoms with Gasteiger partial charge < -0.3 is 59.1 Å². The number of hydrogen-bond donors (Lipinski definition) is 3. The molecule has 0 saturated carbocycles. The summed E-state index contributed by atoms with van der Waals surface area (Å²) in [6.45, 7) is 11.6. The molecule has 0 unspecified atom stereocenters. The molecule has 0 fully saturated rings. The zero-order valence-corrected chi connectivity index (χ0v) is 47.0. The van der Waals surface area contributed by atoms with Crippen molar-refractivity contribution in [1.82, 2.24) is 14.7 Å². The molecule has 0 spiro atoms. The topological polar surface area (TPSA) is 204 Å². The molecule has 6 aromatic rings. The summed E-state index contributed by atoms with van der Waals surface area (Å²) in [7, 11) is 0. The van der Waals surface area contributed by atoms with Crippen molar-refractivity contribution in [3.8, 4) is 17.2 Å². The number of amides is 6. The van der Waals surface area contributed by atoms with E-state index in [9.17, 15) is 28.8 Å². The largest absolute Gasteiger partial charge is 0.483 e. The van der Waals surface area contributed by atoms with Crippen molar-refractivity contribution in [3.63, 3.8) is 0 Å². The highest BCUT2D eigenvalue weighted by Crippen LogP contribution is 2.35. The van der Waals surface area contributed by atoms with Crippen LogP contribution >= 0.6 is 0 Å². The number of carbonyl (C=O) groups excluding carboxylic acids is 6. The van der Waals surface area contributed by atoms with E-state index < -0.39 is 17.7 Å². The molecule has 1 aliphatic heterocycles. The first kappa shape index (κ1) is 60.1. The van der Waals surface area contributed by atoms with Crippen molar-refractivity contribution in [2.75, 3.05) is 75.0 Å². The second-order valence-electron chi connectivity index (χ2n) is 18.9. The lowest BCUT2D eigenvalue weighted by atomic mass is 10.0. The highest BCUT2D eigenvalue weighted by Gasteiger charge is 2.25. The van der Waals surface area contributed by atoms with E-state index in [-0.39, 0.29) is 111 Å². The van der Waals surface area contributed by atoms with Crippen LogP contribution in [0.1, 0.15) is 106 Å². The smallest absolute Gasteiger partial charge is 0.260 e. The Labute approximate surface area is 473 Å². The van der Waals surface area contributed by atoms with Gasteiger partial charge in [0.2, 0.25) is 0 Å². The number of rotatable bonds is 21. The minimum atomic E-state index is -0.456. The fourth-order valence-corrected chi connectivity index (χ4v) is 9.25. The van der Waals surface area contributed by atoms with Crippen LogP contribution in [0.25, 0.3) is 0 Å². The molecule has 6 bridgehead atoms. The Bertz CT molecular complexity index is 2700. The summed E-state index contributed by atoms with van der Waals surface area (Å²) in [6, 6.07) is 36.6. The van der Waals surface area contributed by atoms with Gasteiger partial charge in [-0.1, -0.05) is 54.6 Å². The van der Waals surface area contributed by atoms with E-state index in [1.54, 1.807) is 124 Å². The summed E-state index contributed by atoms with van der Waals surface area (Å²) < 4.78 is 39.1. The summed E-state index contributed by atoms with van der Waals surface area (Å²) in [5.74, 6) is -1.54. The molecule has 3 N–H and O–H groups in total. The third-order valence-corrected chi connectivity index (χ3v) is 13.5. The quantitative estimate of drug-likeness (QED) is 0.0617. The summed E-state index contributed by atoms with van der Waals surface area (Å²) in [5.41, 5.74) is 4.56. The first-order valence-corrected chi connectivity index (χ1v) is 27.4. The van der Waals surface area contributed by atoms with E-state index >= 15 is 0 Å². The minimum absolute atomic E-state index is 0.196. The van der Waals surface area contributed by atoms with E-state index in [0.717, 1.165) is 0 Å². The molecule has 0 radical (unpaired) electrons. The number of para-hydroxylation sites is 3. The molecule has 426 valence electrons. The Morgan fingerprint density at radius 3 is 0.765 bits per heavy atom. The van der Waals surface area contributed by atoms with Gasteiger partial charge in [-0.3, -0.25) is 28.8 Å². The second kappa shape index (κ2) is 30.1.